The summed E-state index contributed by atoms with van der Waals surface area (Å²) in [4.78, 5) is 42.4. The molecule has 0 aliphatic heterocycles. The third-order valence-electron chi connectivity index (χ3n) is 4.66. The zero-order chi connectivity index (χ0) is 22.2. The lowest BCUT2D eigenvalue weighted by Gasteiger charge is -2.21. The van der Waals surface area contributed by atoms with Crippen molar-refractivity contribution in [2.75, 3.05) is 6.61 Å². The van der Waals surface area contributed by atoms with Gasteiger partial charge in [0.05, 0.1) is 13.2 Å². The second-order valence-electron chi connectivity index (χ2n) is 7.32. The van der Waals surface area contributed by atoms with Gasteiger partial charge in [-0.1, -0.05) is 39.8 Å². The second-order valence-corrected chi connectivity index (χ2v) is 9.83. The van der Waals surface area contributed by atoms with Crippen LogP contribution in [0.3, 0.4) is 0 Å². The summed E-state index contributed by atoms with van der Waals surface area (Å²) in [6.07, 6.45) is 0. The molecular weight excluding hydrogens is 472 g/mol. The Bertz CT molecular complexity index is 1240. The van der Waals surface area contributed by atoms with Gasteiger partial charge in [-0.2, -0.15) is 0 Å². The minimum absolute atomic E-state index is 0.270. The average molecular weight is 495 g/mol. The number of fused-ring (bicyclic) bond motifs is 1. The molecule has 0 saturated heterocycles. The third-order valence-corrected chi connectivity index (χ3v) is 6.32. The van der Waals surface area contributed by atoms with Gasteiger partial charge in [-0.25, -0.2) is 9.78 Å². The van der Waals surface area contributed by atoms with Crippen LogP contribution in [0.1, 0.15) is 26.3 Å². The second kappa shape index (κ2) is 8.43. The summed E-state index contributed by atoms with van der Waals surface area (Å²) in [6, 6.07) is 7.71. The minimum Gasteiger partial charge on any atom is -0.465 e. The smallest absolute Gasteiger partial charge is 0.332 e. The van der Waals surface area contributed by atoms with Crippen LogP contribution in [0.25, 0.3) is 11.2 Å². The number of halogens is 1. The highest BCUT2D eigenvalue weighted by Crippen LogP contribution is 2.34. The molecule has 0 unspecified atom stereocenters. The molecular formula is C20H23BrN4O4S. The van der Waals surface area contributed by atoms with E-state index in [4.69, 9.17) is 4.74 Å². The maximum atomic E-state index is 13.0. The number of thioether (sulfide) groups is 1. The van der Waals surface area contributed by atoms with Crippen LogP contribution in [0.2, 0.25) is 0 Å². The average Bonchev–Trinajstić information content (AvgIpc) is 3.02. The SMILES string of the molecule is CCOC(=O)C(C)(C)Sc1nc2c(c(=O)n(C)c(=O)n2C)n1Cc1cccc(Br)c1. The van der Waals surface area contributed by atoms with Crippen molar-refractivity contribution < 1.29 is 9.53 Å². The Kier molecular flexibility index (Phi) is 6.28. The highest BCUT2D eigenvalue weighted by Gasteiger charge is 2.33. The fraction of sp³-hybridized carbons (Fsp3) is 0.400. The van der Waals surface area contributed by atoms with E-state index < -0.39 is 16.0 Å². The minimum atomic E-state index is -0.934. The summed E-state index contributed by atoms with van der Waals surface area (Å²) in [5.41, 5.74) is 0.634. The van der Waals surface area contributed by atoms with E-state index in [0.717, 1.165) is 14.6 Å². The molecule has 0 aliphatic rings. The molecule has 2 aromatic heterocycles. The summed E-state index contributed by atoms with van der Waals surface area (Å²) in [5.74, 6) is -0.377. The lowest BCUT2D eigenvalue weighted by molar-refractivity contribution is -0.145. The van der Waals surface area contributed by atoms with Crippen molar-refractivity contribution in [3.63, 3.8) is 0 Å². The molecule has 0 atom stereocenters. The molecule has 0 bridgehead atoms. The molecule has 0 N–H and O–H groups in total. The van der Waals surface area contributed by atoms with Crippen molar-refractivity contribution in [3.05, 3.63) is 55.1 Å². The van der Waals surface area contributed by atoms with Crippen molar-refractivity contribution in [2.45, 2.75) is 37.2 Å². The first kappa shape index (κ1) is 22.4. The molecule has 10 heteroatoms. The van der Waals surface area contributed by atoms with Gasteiger partial charge in [0.1, 0.15) is 4.75 Å². The Hall–Kier alpha value is -2.33. The molecule has 8 nitrogen and oxygen atoms in total. The maximum absolute atomic E-state index is 13.0. The van der Waals surface area contributed by atoms with Crippen molar-refractivity contribution in [2.24, 2.45) is 14.1 Å². The zero-order valence-corrected chi connectivity index (χ0v) is 19.8. The van der Waals surface area contributed by atoms with E-state index in [2.05, 4.69) is 20.9 Å². The van der Waals surface area contributed by atoms with E-state index in [-0.39, 0.29) is 18.2 Å². The van der Waals surface area contributed by atoms with Crippen molar-refractivity contribution in [3.8, 4) is 0 Å². The Labute approximate surface area is 186 Å². The Morgan fingerprint density at radius 2 is 1.93 bits per heavy atom. The van der Waals surface area contributed by atoms with Crippen LogP contribution in [-0.2, 0) is 30.2 Å². The summed E-state index contributed by atoms with van der Waals surface area (Å²) >= 11 is 4.67. The van der Waals surface area contributed by atoms with Crippen LogP contribution >= 0.6 is 27.7 Å². The molecule has 2 heterocycles. The molecule has 3 aromatic rings. The number of hydrogen-bond donors (Lipinski definition) is 0. The van der Waals surface area contributed by atoms with Crippen LogP contribution in [0.15, 0.2) is 43.5 Å². The number of imidazole rings is 1. The molecule has 1 aromatic carbocycles. The molecule has 0 saturated carbocycles. The van der Waals surface area contributed by atoms with E-state index in [1.165, 1.54) is 23.4 Å². The van der Waals surface area contributed by atoms with Crippen LogP contribution in [0, 0.1) is 0 Å². The molecule has 0 spiro atoms. The fourth-order valence-corrected chi connectivity index (χ4v) is 4.49. The van der Waals surface area contributed by atoms with Gasteiger partial charge in [0.25, 0.3) is 5.56 Å². The van der Waals surface area contributed by atoms with Crippen LogP contribution < -0.4 is 11.2 Å². The standard InChI is InChI=1S/C20H23BrN4O4S/c1-6-29-17(27)20(2,3)30-18-22-15-14(16(26)24(5)19(28)23(15)4)25(18)11-12-8-7-9-13(21)10-12/h7-10H,6,11H2,1-5H3. The van der Waals surface area contributed by atoms with Crippen LogP contribution in [0.4, 0.5) is 0 Å². The van der Waals surface area contributed by atoms with Gasteiger partial charge in [0.2, 0.25) is 0 Å². The number of carbonyl (C=O) groups is 1. The lowest BCUT2D eigenvalue weighted by Crippen LogP contribution is -2.37. The fourth-order valence-electron chi connectivity index (χ4n) is 3.04. The quantitative estimate of drug-likeness (QED) is 0.386. The molecule has 160 valence electrons. The van der Waals surface area contributed by atoms with Gasteiger partial charge in [-0.05, 0) is 38.5 Å². The molecule has 0 radical (unpaired) electrons. The summed E-state index contributed by atoms with van der Waals surface area (Å²) < 4.78 is 9.32. The van der Waals surface area contributed by atoms with Gasteiger partial charge in [-0.15, -0.1) is 0 Å². The summed E-state index contributed by atoms with van der Waals surface area (Å²) in [6.45, 7) is 5.86. The van der Waals surface area contributed by atoms with E-state index in [9.17, 15) is 14.4 Å². The summed E-state index contributed by atoms with van der Waals surface area (Å²) in [5, 5.41) is 0.460. The van der Waals surface area contributed by atoms with E-state index in [0.29, 0.717) is 17.2 Å². The summed E-state index contributed by atoms with van der Waals surface area (Å²) in [7, 11) is 3.02. The monoisotopic (exact) mass is 494 g/mol. The van der Waals surface area contributed by atoms with Gasteiger partial charge in [0.15, 0.2) is 16.3 Å². The molecule has 0 fully saturated rings. The van der Waals surface area contributed by atoms with E-state index >= 15 is 0 Å². The van der Waals surface area contributed by atoms with Crippen LogP contribution in [0.5, 0.6) is 0 Å². The Morgan fingerprint density at radius 3 is 2.57 bits per heavy atom. The lowest BCUT2D eigenvalue weighted by atomic mass is 10.2. The van der Waals surface area contributed by atoms with Crippen molar-refractivity contribution in [1.29, 1.82) is 0 Å². The number of benzene rings is 1. The van der Waals surface area contributed by atoms with Gasteiger partial charge in [-0.3, -0.25) is 18.7 Å². The first-order valence-electron chi connectivity index (χ1n) is 9.33. The Balaban J connectivity index is 2.24. The number of carbonyl (C=O) groups excluding carboxylic acids is 1. The number of aryl methyl sites for hydroxylation is 1. The Morgan fingerprint density at radius 1 is 1.23 bits per heavy atom. The third kappa shape index (κ3) is 4.11. The van der Waals surface area contributed by atoms with Gasteiger partial charge >= 0.3 is 11.7 Å². The first-order chi connectivity index (χ1) is 14.1. The topological polar surface area (TPSA) is 88.1 Å². The first-order valence-corrected chi connectivity index (χ1v) is 10.9. The number of nitrogens with zero attached hydrogens (tertiary/aromatic N) is 4. The van der Waals surface area contributed by atoms with Crippen molar-refractivity contribution >= 4 is 44.8 Å². The number of aromatic nitrogens is 4. The van der Waals surface area contributed by atoms with E-state index in [1.807, 2.05) is 24.3 Å². The number of esters is 1. The molecule has 3 rings (SSSR count). The highest BCUT2D eigenvalue weighted by atomic mass is 79.9. The molecule has 0 amide bonds. The highest BCUT2D eigenvalue weighted by molar-refractivity contribution is 9.10. The van der Waals surface area contributed by atoms with Crippen LogP contribution in [-0.4, -0.2) is 36.0 Å². The van der Waals surface area contributed by atoms with Gasteiger partial charge in [0, 0.05) is 18.6 Å². The normalized spacial score (nSPS) is 11.8. The molecule has 0 aliphatic carbocycles. The van der Waals surface area contributed by atoms with Gasteiger partial charge < -0.3 is 9.30 Å². The largest absolute Gasteiger partial charge is 0.465 e. The predicted octanol–water partition coefficient (Wildman–Crippen LogP) is 2.68. The van der Waals surface area contributed by atoms with E-state index in [1.54, 1.807) is 32.4 Å². The zero-order valence-electron chi connectivity index (χ0n) is 17.4. The number of ether oxygens (including phenoxy) is 1. The number of hydrogen-bond acceptors (Lipinski definition) is 6. The predicted molar refractivity (Wildman–Crippen MR) is 120 cm³/mol. The maximum Gasteiger partial charge on any atom is 0.332 e. The van der Waals surface area contributed by atoms with Crippen molar-refractivity contribution in [1.82, 2.24) is 18.7 Å². The molecule has 30 heavy (non-hydrogen) atoms. The number of rotatable bonds is 6.